The van der Waals surface area contributed by atoms with Gasteiger partial charge >= 0.3 is 0 Å². The Bertz CT molecular complexity index is 431. The van der Waals surface area contributed by atoms with Gasteiger partial charge < -0.3 is 10.2 Å². The zero-order valence-electron chi connectivity index (χ0n) is 11.8. The molecule has 2 atom stereocenters. The molecule has 4 rings (SSSR count). The van der Waals surface area contributed by atoms with E-state index in [1.165, 1.54) is 38.5 Å². The lowest BCUT2D eigenvalue weighted by atomic mass is 9.97. The van der Waals surface area contributed by atoms with Crippen LogP contribution in [0.15, 0.2) is 24.3 Å². The minimum Gasteiger partial charge on any atom is -0.310 e. The van der Waals surface area contributed by atoms with E-state index in [0.29, 0.717) is 6.04 Å². The molecule has 2 saturated heterocycles. The number of benzene rings is 1. The van der Waals surface area contributed by atoms with Gasteiger partial charge in [0.25, 0.3) is 0 Å². The SMILES string of the molecule is CN1C2CCC1CC(NC1Cc3ccccc3C1)C2. The first-order chi connectivity index (χ1) is 9.29. The third-order valence-electron chi connectivity index (χ3n) is 5.62. The second-order valence-electron chi connectivity index (χ2n) is 6.76. The molecule has 3 aliphatic rings. The molecule has 19 heavy (non-hydrogen) atoms. The largest absolute Gasteiger partial charge is 0.310 e. The summed E-state index contributed by atoms with van der Waals surface area (Å²) in [5, 5.41) is 3.96. The zero-order chi connectivity index (χ0) is 12.8. The molecule has 2 bridgehead atoms. The fraction of sp³-hybridized carbons (Fsp3) is 0.647. The molecule has 2 heterocycles. The first kappa shape index (κ1) is 11.9. The number of nitrogens with one attached hydrogen (secondary N) is 1. The summed E-state index contributed by atoms with van der Waals surface area (Å²) in [6.07, 6.45) is 8.03. The number of fused-ring (bicyclic) bond motifs is 3. The van der Waals surface area contributed by atoms with Crippen LogP contribution >= 0.6 is 0 Å². The Labute approximate surface area is 116 Å². The minimum absolute atomic E-state index is 0.685. The van der Waals surface area contributed by atoms with Crippen molar-refractivity contribution >= 4 is 0 Å². The van der Waals surface area contributed by atoms with Gasteiger partial charge in [0.15, 0.2) is 0 Å². The lowest BCUT2D eigenvalue weighted by Crippen LogP contribution is -2.50. The Morgan fingerprint density at radius 2 is 1.53 bits per heavy atom. The normalized spacial score (nSPS) is 34.7. The Balaban J connectivity index is 1.39. The van der Waals surface area contributed by atoms with Crippen LogP contribution in [0, 0.1) is 0 Å². The first-order valence-electron chi connectivity index (χ1n) is 7.84. The van der Waals surface area contributed by atoms with Gasteiger partial charge in [0.05, 0.1) is 0 Å². The van der Waals surface area contributed by atoms with Crippen LogP contribution in [-0.2, 0) is 12.8 Å². The van der Waals surface area contributed by atoms with Crippen LogP contribution in [0.1, 0.15) is 36.8 Å². The number of hydrogen-bond acceptors (Lipinski definition) is 2. The molecule has 0 spiro atoms. The lowest BCUT2D eigenvalue weighted by Gasteiger charge is -2.37. The van der Waals surface area contributed by atoms with E-state index >= 15 is 0 Å². The smallest absolute Gasteiger partial charge is 0.0151 e. The van der Waals surface area contributed by atoms with E-state index in [1.54, 1.807) is 11.1 Å². The monoisotopic (exact) mass is 256 g/mol. The van der Waals surface area contributed by atoms with Gasteiger partial charge in [-0.3, -0.25) is 0 Å². The highest BCUT2D eigenvalue weighted by Crippen LogP contribution is 2.35. The van der Waals surface area contributed by atoms with Crippen molar-refractivity contribution in [3.05, 3.63) is 35.4 Å². The van der Waals surface area contributed by atoms with Gasteiger partial charge in [-0.1, -0.05) is 24.3 Å². The van der Waals surface area contributed by atoms with E-state index in [2.05, 4.69) is 41.5 Å². The van der Waals surface area contributed by atoms with Gasteiger partial charge in [-0.2, -0.15) is 0 Å². The molecule has 1 aromatic rings. The molecule has 2 fully saturated rings. The summed E-state index contributed by atoms with van der Waals surface area (Å²) in [7, 11) is 2.32. The van der Waals surface area contributed by atoms with E-state index in [4.69, 9.17) is 0 Å². The molecule has 0 aromatic heterocycles. The van der Waals surface area contributed by atoms with Crippen LogP contribution in [0.4, 0.5) is 0 Å². The Hall–Kier alpha value is -0.860. The van der Waals surface area contributed by atoms with E-state index in [9.17, 15) is 0 Å². The quantitative estimate of drug-likeness (QED) is 0.874. The van der Waals surface area contributed by atoms with Crippen molar-refractivity contribution in [1.82, 2.24) is 10.2 Å². The first-order valence-corrected chi connectivity index (χ1v) is 7.84. The van der Waals surface area contributed by atoms with Crippen molar-refractivity contribution in [1.29, 1.82) is 0 Å². The molecular formula is C17H24N2. The second kappa shape index (κ2) is 4.60. The third kappa shape index (κ3) is 2.11. The van der Waals surface area contributed by atoms with Crippen LogP contribution in [0.5, 0.6) is 0 Å². The molecule has 2 aliphatic heterocycles. The van der Waals surface area contributed by atoms with E-state index < -0.39 is 0 Å². The van der Waals surface area contributed by atoms with Gasteiger partial charge in [-0.25, -0.2) is 0 Å². The van der Waals surface area contributed by atoms with Crippen molar-refractivity contribution in [2.24, 2.45) is 0 Å². The van der Waals surface area contributed by atoms with Crippen LogP contribution in [0.3, 0.4) is 0 Å². The van der Waals surface area contributed by atoms with Crippen molar-refractivity contribution < 1.29 is 0 Å². The fourth-order valence-corrected chi connectivity index (χ4v) is 4.56. The summed E-state index contributed by atoms with van der Waals surface area (Å²) in [6.45, 7) is 0. The second-order valence-corrected chi connectivity index (χ2v) is 6.76. The summed E-state index contributed by atoms with van der Waals surface area (Å²) in [5.41, 5.74) is 3.13. The number of hydrogen-bond donors (Lipinski definition) is 1. The van der Waals surface area contributed by atoms with Crippen molar-refractivity contribution in [3.63, 3.8) is 0 Å². The zero-order valence-corrected chi connectivity index (χ0v) is 11.8. The van der Waals surface area contributed by atoms with Crippen LogP contribution in [0.25, 0.3) is 0 Å². The van der Waals surface area contributed by atoms with Crippen molar-refractivity contribution in [2.75, 3.05) is 7.05 Å². The number of rotatable bonds is 2. The molecule has 2 heteroatoms. The number of piperidine rings is 1. The van der Waals surface area contributed by atoms with Gasteiger partial charge in [0.2, 0.25) is 0 Å². The summed E-state index contributed by atoms with van der Waals surface area (Å²) in [6, 6.07) is 12.1. The molecule has 0 saturated carbocycles. The van der Waals surface area contributed by atoms with Crippen LogP contribution in [-0.4, -0.2) is 36.1 Å². The predicted molar refractivity (Wildman–Crippen MR) is 78.4 cm³/mol. The van der Waals surface area contributed by atoms with Gasteiger partial charge in [-0.05, 0) is 56.7 Å². The predicted octanol–water partition coefficient (Wildman–Crippen LogP) is 2.37. The summed E-state index contributed by atoms with van der Waals surface area (Å²) < 4.78 is 0. The topological polar surface area (TPSA) is 15.3 Å². The van der Waals surface area contributed by atoms with Crippen molar-refractivity contribution in [2.45, 2.75) is 62.7 Å². The molecule has 1 N–H and O–H groups in total. The van der Waals surface area contributed by atoms with Crippen LogP contribution < -0.4 is 5.32 Å². The highest BCUT2D eigenvalue weighted by Gasteiger charge is 2.39. The summed E-state index contributed by atoms with van der Waals surface area (Å²) in [5.74, 6) is 0. The molecular weight excluding hydrogens is 232 g/mol. The van der Waals surface area contributed by atoms with Crippen molar-refractivity contribution in [3.8, 4) is 0 Å². The maximum absolute atomic E-state index is 3.96. The Morgan fingerprint density at radius 1 is 0.947 bits per heavy atom. The number of nitrogens with zero attached hydrogens (tertiary/aromatic N) is 1. The molecule has 102 valence electrons. The molecule has 2 unspecified atom stereocenters. The minimum atomic E-state index is 0.685. The van der Waals surface area contributed by atoms with E-state index in [1.807, 2.05) is 0 Å². The molecule has 1 aliphatic carbocycles. The molecule has 0 radical (unpaired) electrons. The average molecular weight is 256 g/mol. The Kier molecular flexibility index (Phi) is 2.89. The van der Waals surface area contributed by atoms with Gasteiger partial charge in [-0.15, -0.1) is 0 Å². The highest BCUT2D eigenvalue weighted by molar-refractivity contribution is 5.33. The third-order valence-corrected chi connectivity index (χ3v) is 5.62. The molecule has 1 aromatic carbocycles. The maximum Gasteiger partial charge on any atom is 0.0151 e. The van der Waals surface area contributed by atoms with E-state index in [0.717, 1.165) is 18.1 Å². The van der Waals surface area contributed by atoms with E-state index in [-0.39, 0.29) is 0 Å². The van der Waals surface area contributed by atoms with Crippen LogP contribution in [0.2, 0.25) is 0 Å². The van der Waals surface area contributed by atoms with Gasteiger partial charge in [0, 0.05) is 24.2 Å². The highest BCUT2D eigenvalue weighted by atomic mass is 15.2. The molecule has 0 amide bonds. The summed E-state index contributed by atoms with van der Waals surface area (Å²) in [4.78, 5) is 2.63. The lowest BCUT2D eigenvalue weighted by molar-refractivity contribution is 0.143. The van der Waals surface area contributed by atoms with Gasteiger partial charge in [0.1, 0.15) is 0 Å². The summed E-state index contributed by atoms with van der Waals surface area (Å²) >= 11 is 0. The Morgan fingerprint density at radius 3 is 2.11 bits per heavy atom. The standard InChI is InChI=1S/C17H24N2/c1-19-16-6-7-17(19)11-15(10-16)18-14-8-12-4-2-3-5-13(12)9-14/h2-5,14-18H,6-11H2,1H3. The average Bonchev–Trinajstić information content (AvgIpc) is 2.87. The molecule has 2 nitrogen and oxygen atoms in total. The maximum atomic E-state index is 3.96. The fourth-order valence-electron chi connectivity index (χ4n) is 4.56.